The van der Waals surface area contributed by atoms with Gasteiger partial charge in [0.25, 0.3) is 0 Å². The minimum absolute atomic E-state index is 0.553. The van der Waals surface area contributed by atoms with E-state index in [0.29, 0.717) is 11.9 Å². The molecule has 0 atom stereocenters. The molecule has 0 aliphatic carbocycles. The lowest BCUT2D eigenvalue weighted by molar-refractivity contribution is 0.265. The maximum absolute atomic E-state index is 5.49. The summed E-state index contributed by atoms with van der Waals surface area (Å²) in [6, 6.07) is 4.41. The molecule has 0 spiro atoms. The molecular weight excluding hydrogens is 162 g/mol. The van der Waals surface area contributed by atoms with Crippen molar-refractivity contribution in [1.29, 1.82) is 0 Å². The lowest BCUT2D eigenvalue weighted by atomic mass is 10.2. The van der Waals surface area contributed by atoms with Crippen molar-refractivity contribution in [2.24, 2.45) is 0 Å². The van der Waals surface area contributed by atoms with Gasteiger partial charge in [0, 0.05) is 18.8 Å². The highest BCUT2D eigenvalue weighted by Gasteiger charge is 2.03. The summed E-state index contributed by atoms with van der Waals surface area (Å²) in [7, 11) is 2.10. The Morgan fingerprint density at radius 1 is 1.46 bits per heavy atom. The predicted molar refractivity (Wildman–Crippen MR) is 55.3 cm³/mol. The molecule has 0 fully saturated rings. The molecule has 2 N–H and O–H groups in total. The first kappa shape index (κ1) is 9.99. The Bertz CT molecular complexity index is 253. The molecule has 0 saturated heterocycles. The van der Waals surface area contributed by atoms with Crippen LogP contribution in [0.25, 0.3) is 0 Å². The number of pyridine rings is 1. The van der Waals surface area contributed by atoms with E-state index in [9.17, 15) is 0 Å². The molecule has 1 rings (SSSR count). The molecule has 0 bridgehead atoms. The lowest BCUT2D eigenvalue weighted by Gasteiger charge is -2.20. The van der Waals surface area contributed by atoms with Crippen LogP contribution in [0.2, 0.25) is 0 Å². The maximum atomic E-state index is 5.49. The molecule has 0 amide bonds. The topological polar surface area (TPSA) is 42.1 Å². The van der Waals surface area contributed by atoms with Gasteiger partial charge in [-0.3, -0.25) is 4.90 Å². The molecule has 3 nitrogen and oxygen atoms in total. The third-order valence-corrected chi connectivity index (χ3v) is 2.16. The second-order valence-electron chi connectivity index (χ2n) is 3.60. The number of rotatable bonds is 3. The average Bonchev–Trinajstić information content (AvgIpc) is 2.08. The quantitative estimate of drug-likeness (QED) is 0.764. The Labute approximate surface area is 79.6 Å². The van der Waals surface area contributed by atoms with Crippen molar-refractivity contribution in [3.8, 4) is 0 Å². The van der Waals surface area contributed by atoms with Crippen LogP contribution in [-0.2, 0) is 6.54 Å². The molecule has 0 unspecified atom stereocenters. The van der Waals surface area contributed by atoms with Crippen molar-refractivity contribution in [2.75, 3.05) is 12.8 Å². The molecule has 3 heteroatoms. The minimum Gasteiger partial charge on any atom is -0.384 e. The Morgan fingerprint density at radius 2 is 2.15 bits per heavy atom. The first-order valence-electron chi connectivity index (χ1n) is 4.50. The van der Waals surface area contributed by atoms with Crippen LogP contribution in [0.3, 0.4) is 0 Å². The first-order chi connectivity index (χ1) is 6.09. The summed E-state index contributed by atoms with van der Waals surface area (Å²) in [6.07, 6.45) is 1.83. The van der Waals surface area contributed by atoms with Crippen molar-refractivity contribution >= 4 is 5.82 Å². The van der Waals surface area contributed by atoms with E-state index in [1.165, 1.54) is 5.56 Å². The highest BCUT2D eigenvalue weighted by Crippen LogP contribution is 2.06. The molecular formula is C10H17N3. The zero-order valence-electron chi connectivity index (χ0n) is 8.49. The fourth-order valence-electron chi connectivity index (χ4n) is 1.00. The smallest absolute Gasteiger partial charge is 0.123 e. The minimum atomic E-state index is 0.553. The van der Waals surface area contributed by atoms with E-state index in [1.54, 1.807) is 0 Å². The van der Waals surface area contributed by atoms with Crippen molar-refractivity contribution in [3.63, 3.8) is 0 Å². The first-order valence-corrected chi connectivity index (χ1v) is 4.50. The number of aromatic nitrogens is 1. The average molecular weight is 179 g/mol. The van der Waals surface area contributed by atoms with Gasteiger partial charge in [-0.2, -0.15) is 0 Å². The van der Waals surface area contributed by atoms with E-state index in [-0.39, 0.29) is 0 Å². The standard InChI is InChI=1S/C10H17N3/c1-8(2)13(3)7-9-4-5-10(11)12-6-9/h4-6,8H,7H2,1-3H3,(H2,11,12). The second kappa shape index (κ2) is 4.23. The SMILES string of the molecule is CC(C)N(C)Cc1ccc(N)nc1. The van der Waals surface area contributed by atoms with Crippen LogP contribution >= 0.6 is 0 Å². The van der Waals surface area contributed by atoms with Crippen LogP contribution in [0.5, 0.6) is 0 Å². The summed E-state index contributed by atoms with van der Waals surface area (Å²) in [5.74, 6) is 0.580. The van der Waals surface area contributed by atoms with E-state index in [1.807, 2.05) is 18.3 Å². The van der Waals surface area contributed by atoms with Gasteiger partial charge in [0.15, 0.2) is 0 Å². The monoisotopic (exact) mass is 179 g/mol. The van der Waals surface area contributed by atoms with Crippen LogP contribution in [0, 0.1) is 0 Å². The van der Waals surface area contributed by atoms with Crippen LogP contribution < -0.4 is 5.73 Å². The van der Waals surface area contributed by atoms with Gasteiger partial charge >= 0.3 is 0 Å². The van der Waals surface area contributed by atoms with Crippen LogP contribution in [0.1, 0.15) is 19.4 Å². The molecule has 0 saturated carbocycles. The van der Waals surface area contributed by atoms with Gasteiger partial charge in [-0.25, -0.2) is 4.98 Å². The zero-order chi connectivity index (χ0) is 9.84. The molecule has 1 heterocycles. The Morgan fingerprint density at radius 3 is 2.62 bits per heavy atom. The Hall–Kier alpha value is -1.09. The molecule has 72 valence electrons. The number of anilines is 1. The largest absolute Gasteiger partial charge is 0.384 e. The molecule has 13 heavy (non-hydrogen) atoms. The summed E-state index contributed by atoms with van der Waals surface area (Å²) in [4.78, 5) is 6.30. The van der Waals surface area contributed by atoms with Gasteiger partial charge in [-0.05, 0) is 32.5 Å². The lowest BCUT2D eigenvalue weighted by Crippen LogP contribution is -2.25. The van der Waals surface area contributed by atoms with Crippen LogP contribution in [0.4, 0.5) is 5.82 Å². The third-order valence-electron chi connectivity index (χ3n) is 2.16. The number of hydrogen-bond acceptors (Lipinski definition) is 3. The van der Waals surface area contributed by atoms with Gasteiger partial charge < -0.3 is 5.73 Å². The molecule has 0 aliphatic heterocycles. The molecule has 0 aromatic carbocycles. The van der Waals surface area contributed by atoms with Gasteiger partial charge in [0.2, 0.25) is 0 Å². The summed E-state index contributed by atoms with van der Waals surface area (Å²) >= 11 is 0. The number of hydrogen-bond donors (Lipinski definition) is 1. The number of nitrogens with zero attached hydrogens (tertiary/aromatic N) is 2. The van der Waals surface area contributed by atoms with Crippen molar-refractivity contribution in [1.82, 2.24) is 9.88 Å². The predicted octanol–water partition coefficient (Wildman–Crippen LogP) is 1.50. The normalized spacial score (nSPS) is 11.2. The van der Waals surface area contributed by atoms with Crippen LogP contribution in [0.15, 0.2) is 18.3 Å². The molecule has 0 aliphatic rings. The Kier molecular flexibility index (Phi) is 3.25. The van der Waals surface area contributed by atoms with Gasteiger partial charge in [-0.15, -0.1) is 0 Å². The highest BCUT2D eigenvalue weighted by molar-refractivity contribution is 5.29. The maximum Gasteiger partial charge on any atom is 0.123 e. The summed E-state index contributed by atoms with van der Waals surface area (Å²) in [6.45, 7) is 5.26. The van der Waals surface area contributed by atoms with E-state index >= 15 is 0 Å². The van der Waals surface area contributed by atoms with E-state index in [2.05, 4.69) is 30.8 Å². The Balaban J connectivity index is 2.59. The summed E-state index contributed by atoms with van der Waals surface area (Å²) in [5, 5.41) is 0. The van der Waals surface area contributed by atoms with E-state index < -0.39 is 0 Å². The molecule has 1 aromatic heterocycles. The summed E-state index contributed by atoms with van der Waals surface area (Å²) < 4.78 is 0. The van der Waals surface area contributed by atoms with E-state index in [4.69, 9.17) is 5.73 Å². The van der Waals surface area contributed by atoms with Gasteiger partial charge in [0.05, 0.1) is 0 Å². The highest BCUT2D eigenvalue weighted by atomic mass is 15.1. The fourth-order valence-corrected chi connectivity index (χ4v) is 1.00. The zero-order valence-corrected chi connectivity index (χ0v) is 8.49. The molecule has 1 aromatic rings. The number of nitrogen functional groups attached to an aromatic ring is 1. The number of nitrogens with two attached hydrogens (primary N) is 1. The van der Waals surface area contributed by atoms with Crippen molar-refractivity contribution in [2.45, 2.75) is 26.4 Å². The fraction of sp³-hybridized carbons (Fsp3) is 0.500. The van der Waals surface area contributed by atoms with Crippen LogP contribution in [-0.4, -0.2) is 23.0 Å². The van der Waals surface area contributed by atoms with Gasteiger partial charge in [-0.1, -0.05) is 6.07 Å². The second-order valence-corrected chi connectivity index (χ2v) is 3.60. The molecule has 0 radical (unpaired) electrons. The third kappa shape index (κ3) is 3.03. The van der Waals surface area contributed by atoms with Gasteiger partial charge in [0.1, 0.15) is 5.82 Å². The van der Waals surface area contributed by atoms with Crippen molar-refractivity contribution in [3.05, 3.63) is 23.9 Å². The van der Waals surface area contributed by atoms with E-state index in [0.717, 1.165) is 6.54 Å². The van der Waals surface area contributed by atoms with Crippen molar-refractivity contribution < 1.29 is 0 Å². The summed E-state index contributed by atoms with van der Waals surface area (Å²) in [5.41, 5.74) is 6.69.